The molecule has 0 saturated heterocycles. The maximum Gasteiger partial charge on any atom is 0.300 e. The molecule has 0 spiro atoms. The van der Waals surface area contributed by atoms with Crippen LogP contribution in [0.4, 0.5) is 11.4 Å². The minimum atomic E-state index is -0.833. The second-order valence-corrected chi connectivity index (χ2v) is 3.00. The summed E-state index contributed by atoms with van der Waals surface area (Å²) in [5.41, 5.74) is -0.0814. The predicted molar refractivity (Wildman–Crippen MR) is 57.8 cm³/mol. The van der Waals surface area contributed by atoms with Crippen molar-refractivity contribution in [2.45, 2.75) is 13.8 Å². The van der Waals surface area contributed by atoms with Crippen LogP contribution >= 0.6 is 0 Å². The normalized spacial score (nSPS) is 8.82. The Balaban J connectivity index is 0.000000557. The van der Waals surface area contributed by atoms with Crippen molar-refractivity contribution in [3.8, 4) is 0 Å². The molecule has 0 aliphatic carbocycles. The van der Waals surface area contributed by atoms with E-state index in [4.69, 9.17) is 9.90 Å². The first-order valence-corrected chi connectivity index (χ1v) is 4.34. The van der Waals surface area contributed by atoms with Gasteiger partial charge in [-0.3, -0.25) is 25.0 Å². The van der Waals surface area contributed by atoms with Crippen LogP contribution in [0.5, 0.6) is 0 Å². The number of carboxylic acids is 1. The van der Waals surface area contributed by atoms with E-state index in [0.29, 0.717) is 5.56 Å². The zero-order chi connectivity index (χ0) is 13.6. The van der Waals surface area contributed by atoms with Gasteiger partial charge in [0.1, 0.15) is 0 Å². The Hall–Kier alpha value is -2.51. The topological polar surface area (TPSA) is 124 Å². The number of carbonyl (C=O) groups is 1. The van der Waals surface area contributed by atoms with Gasteiger partial charge in [0.2, 0.25) is 0 Å². The number of carboxylic acid groups (broad SMARTS) is 1. The van der Waals surface area contributed by atoms with Gasteiger partial charge in [-0.25, -0.2) is 0 Å². The van der Waals surface area contributed by atoms with Crippen LogP contribution in [0.2, 0.25) is 0 Å². The molecule has 0 heterocycles. The van der Waals surface area contributed by atoms with E-state index in [-0.39, 0.29) is 11.4 Å². The summed E-state index contributed by atoms with van der Waals surface area (Å²) in [5.74, 6) is -0.833. The number of nitrogens with zero attached hydrogens (tertiary/aromatic N) is 2. The summed E-state index contributed by atoms with van der Waals surface area (Å²) in [6.45, 7) is 2.61. The SMILES string of the molecule is CC(=O)O.Cc1ccc([N+](=O)[O-])cc1[N+](=O)[O-]. The third-order valence-electron chi connectivity index (χ3n) is 1.60. The van der Waals surface area contributed by atoms with Crippen molar-refractivity contribution in [3.05, 3.63) is 44.0 Å². The standard InChI is InChI=1S/C7H6N2O4.C2H4O2/c1-5-2-3-6(8(10)11)4-7(5)9(12)13;1-2(3)4/h2-4H,1H3;1H3,(H,3,4). The molecule has 17 heavy (non-hydrogen) atoms. The second kappa shape index (κ2) is 6.16. The Bertz CT molecular complexity index is 453. The fourth-order valence-corrected chi connectivity index (χ4v) is 0.908. The molecule has 0 amide bonds. The summed E-state index contributed by atoms with van der Waals surface area (Å²) < 4.78 is 0. The Morgan fingerprint density at radius 3 is 2.06 bits per heavy atom. The highest BCUT2D eigenvalue weighted by molar-refractivity contribution is 5.62. The molecule has 1 aromatic rings. The van der Waals surface area contributed by atoms with Crippen LogP contribution in [0.1, 0.15) is 12.5 Å². The minimum Gasteiger partial charge on any atom is -0.481 e. The number of aryl methyl sites for hydroxylation is 1. The molecule has 1 rings (SSSR count). The highest BCUT2D eigenvalue weighted by atomic mass is 16.6. The summed E-state index contributed by atoms with van der Waals surface area (Å²) in [6.07, 6.45) is 0. The van der Waals surface area contributed by atoms with Crippen LogP contribution in [0.25, 0.3) is 0 Å². The van der Waals surface area contributed by atoms with Crippen molar-refractivity contribution in [3.63, 3.8) is 0 Å². The number of non-ortho nitro benzene ring substituents is 1. The molecular weight excluding hydrogens is 232 g/mol. The van der Waals surface area contributed by atoms with Crippen LogP contribution in [-0.2, 0) is 4.79 Å². The molecule has 92 valence electrons. The summed E-state index contributed by atoms with van der Waals surface area (Å²) in [5, 5.41) is 28.1. The number of nitro groups is 2. The lowest BCUT2D eigenvalue weighted by Gasteiger charge is -1.95. The first-order valence-electron chi connectivity index (χ1n) is 4.34. The van der Waals surface area contributed by atoms with E-state index in [9.17, 15) is 20.2 Å². The minimum absolute atomic E-state index is 0.228. The van der Waals surface area contributed by atoms with Gasteiger partial charge in [0.05, 0.1) is 15.9 Å². The lowest BCUT2D eigenvalue weighted by Crippen LogP contribution is -1.94. The zero-order valence-electron chi connectivity index (χ0n) is 9.11. The zero-order valence-corrected chi connectivity index (χ0v) is 9.11. The van der Waals surface area contributed by atoms with Gasteiger partial charge in [-0.15, -0.1) is 0 Å². The maximum absolute atomic E-state index is 10.4. The highest BCUT2D eigenvalue weighted by Crippen LogP contribution is 2.23. The van der Waals surface area contributed by atoms with E-state index in [2.05, 4.69) is 0 Å². The molecule has 0 aliphatic heterocycles. The smallest absolute Gasteiger partial charge is 0.300 e. The summed E-state index contributed by atoms with van der Waals surface area (Å²) >= 11 is 0. The van der Waals surface area contributed by atoms with E-state index in [1.165, 1.54) is 19.1 Å². The summed E-state index contributed by atoms with van der Waals surface area (Å²) in [4.78, 5) is 28.4. The molecular formula is C9H10N2O6. The van der Waals surface area contributed by atoms with Gasteiger partial charge in [-0.05, 0) is 13.0 Å². The average molecular weight is 242 g/mol. The molecule has 8 heteroatoms. The molecule has 0 fully saturated rings. The van der Waals surface area contributed by atoms with E-state index >= 15 is 0 Å². The van der Waals surface area contributed by atoms with Crippen LogP contribution in [-0.4, -0.2) is 20.9 Å². The van der Waals surface area contributed by atoms with Gasteiger partial charge in [-0.2, -0.15) is 0 Å². The number of hydrogen-bond acceptors (Lipinski definition) is 5. The van der Waals surface area contributed by atoms with Crippen LogP contribution in [0, 0.1) is 27.2 Å². The number of rotatable bonds is 2. The number of benzene rings is 1. The third-order valence-corrected chi connectivity index (χ3v) is 1.60. The van der Waals surface area contributed by atoms with Crippen molar-refractivity contribution in [2.24, 2.45) is 0 Å². The molecule has 0 bridgehead atoms. The fourth-order valence-electron chi connectivity index (χ4n) is 0.908. The molecule has 8 nitrogen and oxygen atoms in total. The van der Waals surface area contributed by atoms with Crippen molar-refractivity contribution in [1.29, 1.82) is 0 Å². The average Bonchev–Trinajstić information content (AvgIpc) is 2.16. The van der Waals surface area contributed by atoms with Gasteiger partial charge in [0.15, 0.2) is 0 Å². The Morgan fingerprint density at radius 1 is 1.24 bits per heavy atom. The van der Waals surface area contributed by atoms with Crippen LogP contribution < -0.4 is 0 Å². The number of hydrogen-bond donors (Lipinski definition) is 1. The molecule has 0 radical (unpaired) electrons. The number of nitro benzene ring substituents is 2. The van der Waals surface area contributed by atoms with Gasteiger partial charge in [0, 0.05) is 18.6 Å². The first kappa shape index (κ1) is 14.5. The third kappa shape index (κ3) is 5.21. The van der Waals surface area contributed by atoms with Gasteiger partial charge < -0.3 is 5.11 Å². The van der Waals surface area contributed by atoms with Crippen LogP contribution in [0.15, 0.2) is 18.2 Å². The Kier molecular flexibility index (Phi) is 5.25. The lowest BCUT2D eigenvalue weighted by atomic mass is 10.2. The van der Waals surface area contributed by atoms with Crippen molar-refractivity contribution in [1.82, 2.24) is 0 Å². The molecule has 0 aliphatic rings. The monoisotopic (exact) mass is 242 g/mol. The van der Waals surface area contributed by atoms with Crippen molar-refractivity contribution in [2.75, 3.05) is 0 Å². The summed E-state index contributed by atoms with van der Waals surface area (Å²) in [6, 6.07) is 3.55. The summed E-state index contributed by atoms with van der Waals surface area (Å²) in [7, 11) is 0. The Morgan fingerprint density at radius 2 is 1.71 bits per heavy atom. The molecule has 1 N–H and O–H groups in total. The maximum atomic E-state index is 10.4. The van der Waals surface area contributed by atoms with Gasteiger partial charge in [0.25, 0.3) is 17.3 Å². The Labute approximate surface area is 95.8 Å². The van der Waals surface area contributed by atoms with Gasteiger partial charge in [-0.1, -0.05) is 0 Å². The van der Waals surface area contributed by atoms with Crippen molar-refractivity contribution < 1.29 is 19.7 Å². The van der Waals surface area contributed by atoms with Crippen LogP contribution in [0.3, 0.4) is 0 Å². The fraction of sp³-hybridized carbons (Fsp3) is 0.222. The largest absolute Gasteiger partial charge is 0.481 e. The quantitative estimate of drug-likeness (QED) is 0.623. The predicted octanol–water partition coefficient (Wildman–Crippen LogP) is 1.90. The first-order chi connectivity index (χ1) is 7.75. The molecule has 0 saturated carbocycles. The molecule has 0 aromatic heterocycles. The molecule has 1 aromatic carbocycles. The molecule has 0 unspecified atom stereocenters. The van der Waals surface area contributed by atoms with E-state index in [1.807, 2.05) is 0 Å². The van der Waals surface area contributed by atoms with E-state index in [0.717, 1.165) is 13.0 Å². The number of aliphatic carboxylic acids is 1. The van der Waals surface area contributed by atoms with E-state index in [1.54, 1.807) is 0 Å². The van der Waals surface area contributed by atoms with Gasteiger partial charge >= 0.3 is 0 Å². The van der Waals surface area contributed by atoms with Crippen molar-refractivity contribution >= 4 is 17.3 Å². The molecule has 0 atom stereocenters. The lowest BCUT2D eigenvalue weighted by molar-refractivity contribution is -0.394. The second-order valence-electron chi connectivity index (χ2n) is 3.00. The highest BCUT2D eigenvalue weighted by Gasteiger charge is 2.15. The van der Waals surface area contributed by atoms with E-state index < -0.39 is 15.8 Å².